The van der Waals surface area contributed by atoms with Crippen molar-refractivity contribution in [3.05, 3.63) is 51.6 Å². The molecule has 1 aliphatic carbocycles. The Kier molecular flexibility index (Phi) is 4.11. The molecule has 0 aromatic heterocycles. The highest BCUT2D eigenvalue weighted by Crippen LogP contribution is 2.41. The van der Waals surface area contributed by atoms with Crippen LogP contribution < -0.4 is 0 Å². The van der Waals surface area contributed by atoms with Crippen LogP contribution in [-0.2, 0) is 12.6 Å². The molecule has 0 bridgehead atoms. The van der Waals surface area contributed by atoms with Gasteiger partial charge in [0.1, 0.15) is 0 Å². The van der Waals surface area contributed by atoms with Crippen LogP contribution in [0.15, 0.2) is 30.4 Å². The molecule has 118 valence electrons. The maximum absolute atomic E-state index is 12.7. The Balaban J connectivity index is 2.47. The molecule has 8 heteroatoms. The second-order valence-electron chi connectivity index (χ2n) is 5.24. The SMILES string of the molecule is N#CC(C#N)(Cc1ccc(C(F)(F)F)cc1[N+](=O)[O-])C1C=CC1. The molecule has 0 saturated heterocycles. The van der Waals surface area contributed by atoms with Gasteiger partial charge in [-0.1, -0.05) is 18.2 Å². The summed E-state index contributed by atoms with van der Waals surface area (Å²) in [7, 11) is 0. The van der Waals surface area contributed by atoms with E-state index in [-0.39, 0.29) is 17.9 Å². The summed E-state index contributed by atoms with van der Waals surface area (Å²) in [6, 6.07) is 5.86. The number of hydrogen-bond acceptors (Lipinski definition) is 4. The first-order valence-electron chi connectivity index (χ1n) is 6.57. The van der Waals surface area contributed by atoms with Crippen molar-refractivity contribution in [3.8, 4) is 12.1 Å². The maximum Gasteiger partial charge on any atom is 0.416 e. The molecule has 1 unspecified atom stereocenters. The lowest BCUT2D eigenvalue weighted by atomic mass is 9.68. The van der Waals surface area contributed by atoms with Crippen molar-refractivity contribution in [3.63, 3.8) is 0 Å². The van der Waals surface area contributed by atoms with Crippen LogP contribution in [0.4, 0.5) is 18.9 Å². The molecule has 0 heterocycles. The predicted molar refractivity (Wildman–Crippen MR) is 72.7 cm³/mol. The Morgan fingerprint density at radius 3 is 2.30 bits per heavy atom. The van der Waals surface area contributed by atoms with E-state index in [1.807, 2.05) is 12.1 Å². The van der Waals surface area contributed by atoms with E-state index in [9.17, 15) is 33.8 Å². The van der Waals surface area contributed by atoms with Crippen molar-refractivity contribution in [2.45, 2.75) is 19.0 Å². The smallest absolute Gasteiger partial charge is 0.258 e. The zero-order chi connectivity index (χ0) is 17.3. The molecule has 1 aromatic carbocycles. The summed E-state index contributed by atoms with van der Waals surface area (Å²) in [5.41, 5.74) is -3.47. The lowest BCUT2D eigenvalue weighted by Gasteiger charge is -2.30. The van der Waals surface area contributed by atoms with E-state index in [0.29, 0.717) is 12.5 Å². The summed E-state index contributed by atoms with van der Waals surface area (Å²) < 4.78 is 38.1. The highest BCUT2D eigenvalue weighted by Gasteiger charge is 2.42. The molecule has 0 radical (unpaired) electrons. The Morgan fingerprint density at radius 1 is 1.30 bits per heavy atom. The largest absolute Gasteiger partial charge is 0.416 e. The molecule has 23 heavy (non-hydrogen) atoms. The molecule has 1 atom stereocenters. The van der Waals surface area contributed by atoms with Gasteiger partial charge < -0.3 is 0 Å². The lowest BCUT2D eigenvalue weighted by molar-refractivity contribution is -0.385. The van der Waals surface area contributed by atoms with E-state index >= 15 is 0 Å². The summed E-state index contributed by atoms with van der Waals surface area (Å²) in [5.74, 6) is -0.389. The topological polar surface area (TPSA) is 90.7 Å². The highest BCUT2D eigenvalue weighted by atomic mass is 19.4. The number of nitro groups is 1. The summed E-state index contributed by atoms with van der Waals surface area (Å²) in [4.78, 5) is 10.1. The van der Waals surface area contributed by atoms with Gasteiger partial charge in [0, 0.05) is 24.0 Å². The van der Waals surface area contributed by atoms with Gasteiger partial charge in [-0.15, -0.1) is 0 Å². The number of benzene rings is 1. The van der Waals surface area contributed by atoms with E-state index in [1.165, 1.54) is 0 Å². The first kappa shape index (κ1) is 16.5. The van der Waals surface area contributed by atoms with Gasteiger partial charge in [0.25, 0.3) is 5.69 Å². The number of nitro benzene ring substituents is 1. The first-order chi connectivity index (χ1) is 10.7. The minimum absolute atomic E-state index is 0.0635. The van der Waals surface area contributed by atoms with Gasteiger partial charge in [-0.3, -0.25) is 10.1 Å². The highest BCUT2D eigenvalue weighted by molar-refractivity contribution is 5.46. The normalized spacial score (nSPS) is 17.0. The van der Waals surface area contributed by atoms with E-state index in [1.54, 1.807) is 12.2 Å². The van der Waals surface area contributed by atoms with Crippen molar-refractivity contribution in [1.29, 1.82) is 10.5 Å². The Morgan fingerprint density at radius 2 is 1.91 bits per heavy atom. The fraction of sp³-hybridized carbons (Fsp3) is 0.333. The van der Waals surface area contributed by atoms with E-state index in [0.717, 1.165) is 12.1 Å². The molecule has 0 amide bonds. The molecule has 2 rings (SSSR count). The molecule has 0 saturated carbocycles. The lowest BCUT2D eigenvalue weighted by Crippen LogP contribution is -2.31. The zero-order valence-electron chi connectivity index (χ0n) is 11.7. The molecule has 0 fully saturated rings. The van der Waals surface area contributed by atoms with Gasteiger partial charge in [-0.2, -0.15) is 23.7 Å². The van der Waals surface area contributed by atoms with Crippen LogP contribution in [0.1, 0.15) is 17.5 Å². The number of alkyl halides is 3. The van der Waals surface area contributed by atoms with Crippen LogP contribution in [0.3, 0.4) is 0 Å². The molecule has 0 N–H and O–H groups in total. The second-order valence-corrected chi connectivity index (χ2v) is 5.24. The number of nitrogens with zero attached hydrogens (tertiary/aromatic N) is 3. The third-order valence-corrected chi connectivity index (χ3v) is 3.87. The minimum atomic E-state index is -4.71. The van der Waals surface area contributed by atoms with Gasteiger partial charge in [-0.25, -0.2) is 0 Å². The molecule has 0 spiro atoms. The number of rotatable bonds is 4. The summed E-state index contributed by atoms with van der Waals surface area (Å²) >= 11 is 0. The van der Waals surface area contributed by atoms with Crippen molar-refractivity contribution in [2.24, 2.45) is 11.3 Å². The summed E-state index contributed by atoms with van der Waals surface area (Å²) in [6.07, 6.45) is -1.11. The maximum atomic E-state index is 12.7. The summed E-state index contributed by atoms with van der Waals surface area (Å²) in [6.45, 7) is 0. The fourth-order valence-electron chi connectivity index (χ4n) is 2.40. The fourth-order valence-corrected chi connectivity index (χ4v) is 2.40. The molecular weight excluding hydrogens is 311 g/mol. The monoisotopic (exact) mass is 321 g/mol. The van der Waals surface area contributed by atoms with Crippen molar-refractivity contribution < 1.29 is 18.1 Å². The van der Waals surface area contributed by atoms with Crippen molar-refractivity contribution >= 4 is 5.69 Å². The molecule has 0 aliphatic heterocycles. The molecular formula is C15H10F3N3O2. The Bertz CT molecular complexity index is 743. The van der Waals surface area contributed by atoms with E-state index in [4.69, 9.17) is 0 Å². The third kappa shape index (κ3) is 3.02. The van der Waals surface area contributed by atoms with Crippen LogP contribution in [0, 0.1) is 44.1 Å². The standard InChI is InChI=1S/C15H10F3N3O2/c16-15(17,18)12-5-4-10(13(6-12)21(22)23)7-14(8-19,9-20)11-2-1-3-11/h1-2,4-6,11H,3,7H2. The summed E-state index contributed by atoms with van der Waals surface area (Å²) in [5, 5.41) is 29.7. The average molecular weight is 321 g/mol. The van der Waals surface area contributed by atoms with E-state index < -0.39 is 27.8 Å². The number of allylic oxidation sites excluding steroid dienone is 2. The third-order valence-electron chi connectivity index (χ3n) is 3.87. The van der Waals surface area contributed by atoms with Crippen LogP contribution >= 0.6 is 0 Å². The van der Waals surface area contributed by atoms with Crippen LogP contribution in [0.2, 0.25) is 0 Å². The Labute approximate surface area is 129 Å². The van der Waals surface area contributed by atoms with Gasteiger partial charge >= 0.3 is 6.18 Å². The minimum Gasteiger partial charge on any atom is -0.258 e. The first-order valence-corrected chi connectivity index (χ1v) is 6.57. The quantitative estimate of drug-likeness (QED) is 0.479. The van der Waals surface area contributed by atoms with Crippen molar-refractivity contribution in [1.82, 2.24) is 0 Å². The Hall–Kier alpha value is -2.87. The zero-order valence-corrected chi connectivity index (χ0v) is 11.7. The molecule has 1 aromatic rings. The number of halogens is 3. The number of hydrogen-bond donors (Lipinski definition) is 0. The van der Waals surface area contributed by atoms with Crippen LogP contribution in [0.25, 0.3) is 0 Å². The molecule has 1 aliphatic rings. The number of nitriles is 2. The van der Waals surface area contributed by atoms with Gasteiger partial charge in [0.2, 0.25) is 0 Å². The van der Waals surface area contributed by atoms with Crippen LogP contribution in [-0.4, -0.2) is 4.92 Å². The van der Waals surface area contributed by atoms with Crippen molar-refractivity contribution in [2.75, 3.05) is 0 Å². The van der Waals surface area contributed by atoms with Gasteiger partial charge in [0.05, 0.1) is 22.6 Å². The predicted octanol–water partition coefficient (Wildman–Crippen LogP) is 3.77. The van der Waals surface area contributed by atoms with Crippen LogP contribution in [0.5, 0.6) is 0 Å². The second kappa shape index (κ2) is 5.73. The van der Waals surface area contributed by atoms with E-state index in [2.05, 4.69) is 0 Å². The average Bonchev–Trinajstić information content (AvgIpc) is 2.43. The molecule has 5 nitrogen and oxygen atoms in total. The van der Waals surface area contributed by atoms with Gasteiger partial charge in [0.15, 0.2) is 5.41 Å². The van der Waals surface area contributed by atoms with Gasteiger partial charge in [-0.05, 0) is 12.5 Å².